The van der Waals surface area contributed by atoms with E-state index in [1.165, 1.54) is 0 Å². The van der Waals surface area contributed by atoms with Crippen LogP contribution in [-0.2, 0) is 0 Å². The summed E-state index contributed by atoms with van der Waals surface area (Å²) in [5.41, 5.74) is 16.0. The van der Waals surface area contributed by atoms with Crippen LogP contribution in [-0.4, -0.2) is 9.97 Å². The van der Waals surface area contributed by atoms with E-state index in [-0.39, 0.29) is 0 Å². The average Bonchev–Trinajstić information content (AvgIpc) is 3.85. The lowest BCUT2D eigenvalue weighted by molar-refractivity contribution is 0.669. The third-order valence-corrected chi connectivity index (χ3v) is 10.8. The molecule has 4 aromatic heterocycles. The molecule has 56 heavy (non-hydrogen) atoms. The average molecular weight is 717 g/mol. The summed E-state index contributed by atoms with van der Waals surface area (Å²) in [4.78, 5) is 9.50. The largest absolute Gasteiger partial charge is 0.455 e. The van der Waals surface area contributed by atoms with Crippen molar-refractivity contribution in [1.29, 1.82) is 0 Å². The normalized spacial score (nSPS) is 11.6. The molecule has 0 bridgehead atoms. The molecule has 11 aromatic rings. The van der Waals surface area contributed by atoms with Gasteiger partial charge < -0.3 is 8.83 Å². The summed E-state index contributed by atoms with van der Waals surface area (Å²) in [5, 5.41) is 4.30. The van der Waals surface area contributed by atoms with Gasteiger partial charge in [-0.3, -0.25) is 9.97 Å². The van der Waals surface area contributed by atoms with Crippen molar-refractivity contribution in [1.82, 2.24) is 9.97 Å². The summed E-state index contributed by atoms with van der Waals surface area (Å²) >= 11 is 0. The first-order valence-corrected chi connectivity index (χ1v) is 18.8. The second-order valence-electron chi connectivity index (χ2n) is 14.1. The Hall–Kier alpha value is -7.56. The van der Waals surface area contributed by atoms with Crippen molar-refractivity contribution >= 4 is 43.9 Å². The maximum atomic E-state index is 6.69. The molecule has 4 heterocycles. The smallest absolute Gasteiger partial charge is 0.143 e. The van der Waals surface area contributed by atoms with Gasteiger partial charge in [0.25, 0.3) is 0 Å². The summed E-state index contributed by atoms with van der Waals surface area (Å²) in [5.74, 6) is 0. The molecule has 0 radical (unpaired) electrons. The van der Waals surface area contributed by atoms with E-state index in [1.807, 2.05) is 60.9 Å². The van der Waals surface area contributed by atoms with Gasteiger partial charge in [0.2, 0.25) is 0 Å². The summed E-state index contributed by atoms with van der Waals surface area (Å²) in [7, 11) is 0. The molecule has 0 aliphatic rings. The Morgan fingerprint density at radius 3 is 1.09 bits per heavy atom. The zero-order valence-electron chi connectivity index (χ0n) is 30.2. The summed E-state index contributed by atoms with van der Waals surface area (Å²) in [6, 6.07) is 63.5. The summed E-state index contributed by atoms with van der Waals surface area (Å²) in [6.07, 6.45) is 3.69. The highest BCUT2D eigenvalue weighted by Crippen LogP contribution is 2.46. The number of aromatic nitrogens is 2. The lowest BCUT2D eigenvalue weighted by Gasteiger charge is -2.16. The van der Waals surface area contributed by atoms with Gasteiger partial charge in [-0.15, -0.1) is 0 Å². The van der Waals surface area contributed by atoms with Crippen molar-refractivity contribution in [3.63, 3.8) is 0 Å². The van der Waals surface area contributed by atoms with E-state index in [0.29, 0.717) is 0 Å². The zero-order chi connectivity index (χ0) is 37.0. The Morgan fingerprint density at radius 1 is 0.286 bits per heavy atom. The van der Waals surface area contributed by atoms with E-state index < -0.39 is 0 Å². The molecule has 0 aliphatic heterocycles. The number of furan rings is 2. The first-order valence-electron chi connectivity index (χ1n) is 18.8. The van der Waals surface area contributed by atoms with Gasteiger partial charge in [0, 0.05) is 56.2 Å². The predicted octanol–water partition coefficient (Wildman–Crippen LogP) is 14.3. The standard InChI is InChI=1S/C52H32N2O2/c1-2-16-36(34-30-44(52-46(32-34)42-22-8-10-26-50(42)56-52)38-18-4-6-20-40(38)48-24-12-14-28-54-48)35(15-1)33-29-43(51-45(31-33)41-21-7-9-25-49(41)55-51)37-17-3-5-19-39(37)47-23-11-13-27-53-47/h1-32H. The quantitative estimate of drug-likeness (QED) is 0.172. The molecule has 7 aromatic carbocycles. The molecular weight excluding hydrogens is 685 g/mol. The number of benzene rings is 7. The van der Waals surface area contributed by atoms with Crippen molar-refractivity contribution in [2.75, 3.05) is 0 Å². The highest BCUT2D eigenvalue weighted by atomic mass is 16.3. The van der Waals surface area contributed by atoms with Crippen LogP contribution in [0.3, 0.4) is 0 Å². The van der Waals surface area contributed by atoms with Crippen LogP contribution in [0, 0.1) is 0 Å². The molecule has 0 saturated carbocycles. The Kier molecular flexibility index (Phi) is 7.46. The molecule has 4 heteroatoms. The minimum atomic E-state index is 0.857. The first kappa shape index (κ1) is 31.9. The number of fused-ring (bicyclic) bond motifs is 6. The maximum absolute atomic E-state index is 6.69. The number of hydrogen-bond acceptors (Lipinski definition) is 4. The Morgan fingerprint density at radius 2 is 0.661 bits per heavy atom. The van der Waals surface area contributed by atoms with Crippen LogP contribution >= 0.6 is 0 Å². The third-order valence-electron chi connectivity index (χ3n) is 10.8. The van der Waals surface area contributed by atoms with Crippen molar-refractivity contribution < 1.29 is 8.83 Å². The number of rotatable bonds is 6. The fourth-order valence-electron chi connectivity index (χ4n) is 8.28. The van der Waals surface area contributed by atoms with Gasteiger partial charge in [-0.25, -0.2) is 0 Å². The fourth-order valence-corrected chi connectivity index (χ4v) is 8.28. The Bertz CT molecular complexity index is 3030. The lowest BCUT2D eigenvalue weighted by Crippen LogP contribution is -1.92. The Balaban J connectivity index is 1.18. The van der Waals surface area contributed by atoms with Crippen molar-refractivity contribution in [3.05, 3.63) is 194 Å². The van der Waals surface area contributed by atoms with Crippen LogP contribution < -0.4 is 0 Å². The third kappa shape index (κ3) is 5.23. The van der Waals surface area contributed by atoms with Gasteiger partial charge >= 0.3 is 0 Å². The van der Waals surface area contributed by atoms with Gasteiger partial charge in [0.05, 0.1) is 11.4 Å². The molecule has 0 saturated heterocycles. The monoisotopic (exact) mass is 716 g/mol. The van der Waals surface area contributed by atoms with E-state index >= 15 is 0 Å². The molecule has 0 fully saturated rings. The highest BCUT2D eigenvalue weighted by molar-refractivity contribution is 6.14. The van der Waals surface area contributed by atoms with Crippen molar-refractivity contribution in [2.24, 2.45) is 0 Å². The molecule has 0 N–H and O–H groups in total. The van der Waals surface area contributed by atoms with Gasteiger partial charge in [-0.1, -0.05) is 121 Å². The predicted molar refractivity (Wildman–Crippen MR) is 229 cm³/mol. The van der Waals surface area contributed by atoms with Gasteiger partial charge in [0.1, 0.15) is 22.3 Å². The fraction of sp³-hybridized carbons (Fsp3) is 0. The molecule has 11 rings (SSSR count). The molecule has 0 spiro atoms. The Labute approximate surface area is 323 Å². The zero-order valence-corrected chi connectivity index (χ0v) is 30.2. The number of pyridine rings is 2. The molecule has 0 amide bonds. The van der Waals surface area contributed by atoms with E-state index in [1.54, 1.807) is 0 Å². The minimum Gasteiger partial charge on any atom is -0.455 e. The summed E-state index contributed by atoms with van der Waals surface area (Å²) < 4.78 is 13.4. The van der Waals surface area contributed by atoms with E-state index in [4.69, 9.17) is 18.8 Å². The van der Waals surface area contributed by atoms with Crippen LogP contribution in [0.25, 0.3) is 111 Å². The van der Waals surface area contributed by atoms with Gasteiger partial charge in [-0.05, 0) is 94.0 Å². The van der Waals surface area contributed by atoms with Crippen molar-refractivity contribution in [3.8, 4) is 67.0 Å². The first-order chi connectivity index (χ1) is 27.8. The minimum absolute atomic E-state index is 0.857. The van der Waals surface area contributed by atoms with Crippen molar-refractivity contribution in [2.45, 2.75) is 0 Å². The van der Waals surface area contributed by atoms with Crippen LogP contribution in [0.5, 0.6) is 0 Å². The highest BCUT2D eigenvalue weighted by Gasteiger charge is 2.22. The molecule has 0 unspecified atom stereocenters. The van der Waals surface area contributed by atoms with Gasteiger partial charge in [-0.2, -0.15) is 0 Å². The number of nitrogens with zero attached hydrogens (tertiary/aromatic N) is 2. The molecule has 4 nitrogen and oxygen atoms in total. The molecule has 0 aliphatic carbocycles. The maximum Gasteiger partial charge on any atom is 0.143 e. The second-order valence-corrected chi connectivity index (χ2v) is 14.1. The van der Waals surface area contributed by atoms with Gasteiger partial charge in [0.15, 0.2) is 0 Å². The molecular formula is C52H32N2O2. The van der Waals surface area contributed by atoms with E-state index in [2.05, 4.69) is 133 Å². The van der Waals surface area contributed by atoms with Crippen LogP contribution in [0.4, 0.5) is 0 Å². The number of para-hydroxylation sites is 2. The van der Waals surface area contributed by atoms with E-state index in [0.717, 1.165) is 111 Å². The second kappa shape index (κ2) is 13.1. The lowest BCUT2D eigenvalue weighted by atomic mass is 9.87. The van der Waals surface area contributed by atoms with E-state index in [9.17, 15) is 0 Å². The van der Waals surface area contributed by atoms with Crippen LogP contribution in [0.2, 0.25) is 0 Å². The van der Waals surface area contributed by atoms with Crippen LogP contribution in [0.1, 0.15) is 0 Å². The summed E-state index contributed by atoms with van der Waals surface area (Å²) in [6.45, 7) is 0. The number of hydrogen-bond donors (Lipinski definition) is 0. The van der Waals surface area contributed by atoms with Crippen LogP contribution in [0.15, 0.2) is 203 Å². The molecule has 262 valence electrons. The SMILES string of the molecule is c1ccc(-c2ccccc2-c2cc(-c3ccccc3-c3cc(-c4ccccc4-c4ccccn4)c4oc5ccccc5c4c3)cc3c2oc2ccccc23)nc1. The molecule has 0 atom stereocenters. The topological polar surface area (TPSA) is 52.1 Å².